The van der Waals surface area contributed by atoms with Crippen molar-refractivity contribution in [2.24, 2.45) is 0 Å². The van der Waals surface area contributed by atoms with Gasteiger partial charge in [-0.1, -0.05) is 13.0 Å². The molecule has 0 saturated heterocycles. The largest absolute Gasteiger partial charge is 0.395 e. The van der Waals surface area contributed by atoms with E-state index in [4.69, 9.17) is 5.11 Å². The molecule has 3 nitrogen and oxygen atoms in total. The first-order valence-electron chi connectivity index (χ1n) is 5.33. The summed E-state index contributed by atoms with van der Waals surface area (Å²) in [5, 5.41) is 8.98. The molecule has 0 radical (unpaired) electrons. The van der Waals surface area contributed by atoms with Gasteiger partial charge in [0, 0.05) is 18.0 Å². The highest BCUT2D eigenvalue weighted by atomic mass is 32.2. The minimum Gasteiger partial charge on any atom is -0.395 e. The maximum Gasteiger partial charge on any atom is 0.236 e. The van der Waals surface area contributed by atoms with Crippen molar-refractivity contribution in [1.82, 2.24) is 4.90 Å². The summed E-state index contributed by atoms with van der Waals surface area (Å²) in [5.74, 6) is 0.587. The molecule has 86 valence electrons. The summed E-state index contributed by atoms with van der Waals surface area (Å²) in [4.78, 5) is 13.5. The summed E-state index contributed by atoms with van der Waals surface area (Å²) in [6.07, 6.45) is 5.40. The molecule has 1 aliphatic rings. The van der Waals surface area contributed by atoms with E-state index in [1.54, 1.807) is 4.90 Å². The first-order chi connectivity index (χ1) is 7.15. The highest BCUT2D eigenvalue weighted by molar-refractivity contribution is 8.00. The van der Waals surface area contributed by atoms with Gasteiger partial charge in [0.25, 0.3) is 0 Å². The molecule has 1 amide bonds. The molecule has 1 atom stereocenters. The Morgan fingerprint density at radius 2 is 2.47 bits per heavy atom. The van der Waals surface area contributed by atoms with Crippen molar-refractivity contribution in [3.8, 4) is 0 Å². The van der Waals surface area contributed by atoms with E-state index in [2.05, 4.69) is 6.08 Å². The predicted molar refractivity (Wildman–Crippen MR) is 63.7 cm³/mol. The van der Waals surface area contributed by atoms with Gasteiger partial charge < -0.3 is 10.0 Å². The summed E-state index contributed by atoms with van der Waals surface area (Å²) in [6, 6.07) is 0. The number of allylic oxidation sites excluding steroid dienone is 2. The minimum atomic E-state index is 0.129. The SMILES string of the molecule is CC(CO)SCC(=O)N(C)C1=CCCC1. The van der Waals surface area contributed by atoms with Gasteiger partial charge in [-0.05, 0) is 19.3 Å². The van der Waals surface area contributed by atoms with Gasteiger partial charge in [-0.15, -0.1) is 11.8 Å². The van der Waals surface area contributed by atoms with Gasteiger partial charge in [-0.25, -0.2) is 0 Å². The summed E-state index contributed by atoms with van der Waals surface area (Å²) in [6.45, 7) is 2.05. The number of hydrogen-bond acceptors (Lipinski definition) is 3. The van der Waals surface area contributed by atoms with Crippen molar-refractivity contribution in [2.75, 3.05) is 19.4 Å². The van der Waals surface area contributed by atoms with Crippen LogP contribution >= 0.6 is 11.8 Å². The van der Waals surface area contributed by atoms with Gasteiger partial charge >= 0.3 is 0 Å². The Balaban J connectivity index is 2.33. The smallest absolute Gasteiger partial charge is 0.236 e. The third-order valence-corrected chi connectivity index (χ3v) is 3.70. The maximum absolute atomic E-state index is 11.7. The highest BCUT2D eigenvalue weighted by Gasteiger charge is 2.16. The number of carbonyl (C=O) groups is 1. The second-order valence-corrected chi connectivity index (χ2v) is 5.27. The topological polar surface area (TPSA) is 40.5 Å². The Kier molecular flexibility index (Phi) is 5.19. The summed E-state index contributed by atoms with van der Waals surface area (Å²) in [5.41, 5.74) is 1.15. The first-order valence-corrected chi connectivity index (χ1v) is 6.38. The van der Waals surface area contributed by atoms with E-state index < -0.39 is 0 Å². The van der Waals surface area contributed by atoms with Crippen LogP contribution in [0.5, 0.6) is 0 Å². The van der Waals surface area contributed by atoms with Crippen molar-refractivity contribution in [3.05, 3.63) is 11.8 Å². The van der Waals surface area contributed by atoms with Gasteiger partial charge in [0.15, 0.2) is 0 Å². The number of rotatable bonds is 5. The Hall–Kier alpha value is -0.480. The van der Waals surface area contributed by atoms with Gasteiger partial charge in [0.05, 0.1) is 12.4 Å². The lowest BCUT2D eigenvalue weighted by Crippen LogP contribution is -2.27. The summed E-state index contributed by atoms with van der Waals surface area (Å²) in [7, 11) is 1.84. The zero-order valence-corrected chi connectivity index (χ0v) is 10.2. The third kappa shape index (κ3) is 3.87. The van der Waals surface area contributed by atoms with Crippen LogP contribution in [0.3, 0.4) is 0 Å². The van der Waals surface area contributed by atoms with Gasteiger partial charge in [-0.3, -0.25) is 4.79 Å². The first kappa shape index (κ1) is 12.6. The predicted octanol–water partition coefficient (Wildman–Crippen LogP) is 1.63. The van der Waals surface area contributed by atoms with Crippen LogP contribution in [-0.2, 0) is 4.79 Å². The summed E-state index contributed by atoms with van der Waals surface area (Å²) >= 11 is 1.50. The van der Waals surface area contributed by atoms with E-state index in [0.29, 0.717) is 5.75 Å². The normalized spacial score (nSPS) is 17.4. The molecule has 1 rings (SSSR count). The molecule has 1 unspecified atom stereocenters. The van der Waals surface area contributed by atoms with Crippen LogP contribution in [0.1, 0.15) is 26.2 Å². The Morgan fingerprint density at radius 1 is 1.73 bits per heavy atom. The standard InChI is InChI=1S/C11H19NO2S/c1-9(7-13)15-8-11(14)12(2)10-5-3-4-6-10/h5,9,13H,3-4,6-8H2,1-2H3. The van der Waals surface area contributed by atoms with Crippen molar-refractivity contribution in [1.29, 1.82) is 0 Å². The number of hydrogen-bond donors (Lipinski definition) is 1. The van der Waals surface area contributed by atoms with Crippen LogP contribution in [0.25, 0.3) is 0 Å². The fourth-order valence-corrected chi connectivity index (χ4v) is 2.21. The van der Waals surface area contributed by atoms with Gasteiger partial charge in [0.1, 0.15) is 0 Å². The lowest BCUT2D eigenvalue weighted by Gasteiger charge is -2.19. The van der Waals surface area contributed by atoms with Crippen molar-refractivity contribution in [3.63, 3.8) is 0 Å². The Bertz CT molecular complexity index is 253. The van der Waals surface area contributed by atoms with Gasteiger partial charge in [0.2, 0.25) is 5.91 Å². The van der Waals surface area contributed by atoms with Crippen LogP contribution in [-0.4, -0.2) is 40.6 Å². The number of amides is 1. The number of nitrogens with zero attached hydrogens (tertiary/aromatic N) is 1. The van der Waals surface area contributed by atoms with E-state index in [1.807, 2.05) is 14.0 Å². The Labute approximate surface area is 95.5 Å². The maximum atomic E-state index is 11.7. The zero-order chi connectivity index (χ0) is 11.3. The quantitative estimate of drug-likeness (QED) is 0.779. The van der Waals surface area contributed by atoms with E-state index in [-0.39, 0.29) is 17.8 Å². The van der Waals surface area contributed by atoms with Crippen molar-refractivity contribution in [2.45, 2.75) is 31.4 Å². The van der Waals surface area contributed by atoms with Crippen LogP contribution < -0.4 is 0 Å². The average Bonchev–Trinajstić information content (AvgIpc) is 2.77. The molecule has 15 heavy (non-hydrogen) atoms. The Morgan fingerprint density at radius 3 is 3.00 bits per heavy atom. The van der Waals surface area contributed by atoms with E-state index >= 15 is 0 Å². The van der Waals surface area contributed by atoms with E-state index in [1.165, 1.54) is 11.8 Å². The molecule has 0 aromatic heterocycles. The molecule has 1 aliphatic carbocycles. The second kappa shape index (κ2) is 6.18. The van der Waals surface area contributed by atoms with Crippen LogP contribution in [0, 0.1) is 0 Å². The fourth-order valence-electron chi connectivity index (χ4n) is 1.48. The lowest BCUT2D eigenvalue weighted by molar-refractivity contribution is -0.125. The fraction of sp³-hybridized carbons (Fsp3) is 0.727. The molecular weight excluding hydrogens is 210 g/mol. The highest BCUT2D eigenvalue weighted by Crippen LogP contribution is 2.21. The number of thioether (sulfide) groups is 1. The van der Waals surface area contributed by atoms with Crippen molar-refractivity contribution < 1.29 is 9.90 Å². The molecule has 1 N–H and O–H groups in total. The molecule has 0 bridgehead atoms. The lowest BCUT2D eigenvalue weighted by atomic mass is 10.3. The van der Waals surface area contributed by atoms with Crippen LogP contribution in [0.2, 0.25) is 0 Å². The van der Waals surface area contributed by atoms with E-state index in [0.717, 1.165) is 25.0 Å². The van der Waals surface area contributed by atoms with E-state index in [9.17, 15) is 4.79 Å². The van der Waals surface area contributed by atoms with Gasteiger partial charge in [-0.2, -0.15) is 0 Å². The third-order valence-electron chi connectivity index (χ3n) is 2.57. The monoisotopic (exact) mass is 229 g/mol. The average molecular weight is 229 g/mol. The summed E-state index contributed by atoms with van der Waals surface area (Å²) < 4.78 is 0. The second-order valence-electron chi connectivity index (χ2n) is 3.84. The molecule has 0 saturated carbocycles. The molecule has 0 spiro atoms. The zero-order valence-electron chi connectivity index (χ0n) is 9.40. The molecular formula is C11H19NO2S. The molecule has 0 aromatic rings. The van der Waals surface area contributed by atoms with Crippen LogP contribution in [0.15, 0.2) is 11.8 Å². The molecule has 0 aliphatic heterocycles. The number of aliphatic hydroxyl groups excluding tert-OH is 1. The molecule has 0 fully saturated rings. The molecule has 0 aromatic carbocycles. The minimum absolute atomic E-state index is 0.129. The van der Waals surface area contributed by atoms with Crippen LogP contribution in [0.4, 0.5) is 0 Å². The van der Waals surface area contributed by atoms with Crippen molar-refractivity contribution >= 4 is 17.7 Å². The molecule has 4 heteroatoms. The number of aliphatic hydroxyl groups is 1. The molecule has 0 heterocycles. The number of carbonyl (C=O) groups excluding carboxylic acids is 1.